The van der Waals surface area contributed by atoms with Gasteiger partial charge >= 0.3 is 0 Å². The zero-order valence-corrected chi connectivity index (χ0v) is 12.9. The standard InChI is InChI=1S/C15H19N7O/c23-15-14-21-20-12(22(14)8-7-17-15)5-6-16-13-10-3-1-2-4-11(10)18-9-19-13/h9H,1-8H2,(H,17,23)(H,16,18,19). The van der Waals surface area contributed by atoms with Gasteiger partial charge in [0.15, 0.2) is 0 Å². The van der Waals surface area contributed by atoms with Gasteiger partial charge in [-0.3, -0.25) is 4.79 Å². The van der Waals surface area contributed by atoms with Gasteiger partial charge in [-0.2, -0.15) is 0 Å². The van der Waals surface area contributed by atoms with Crippen molar-refractivity contribution < 1.29 is 4.79 Å². The predicted octanol–water partition coefficient (Wildman–Crippen LogP) is 0.345. The van der Waals surface area contributed by atoms with E-state index in [0.29, 0.717) is 25.3 Å². The monoisotopic (exact) mass is 313 g/mol. The van der Waals surface area contributed by atoms with Crippen molar-refractivity contribution in [3.8, 4) is 0 Å². The average molecular weight is 313 g/mol. The summed E-state index contributed by atoms with van der Waals surface area (Å²) in [5.41, 5.74) is 2.42. The molecule has 0 unspecified atom stereocenters. The maximum absolute atomic E-state index is 11.7. The SMILES string of the molecule is O=C1NCCn2c(CCNc3ncnc4c3CCCC4)nnc21. The zero-order chi connectivity index (χ0) is 15.6. The normalized spacial score (nSPS) is 16.4. The average Bonchev–Trinajstić information content (AvgIpc) is 3.00. The quantitative estimate of drug-likeness (QED) is 0.845. The van der Waals surface area contributed by atoms with Crippen LogP contribution in [0, 0.1) is 0 Å². The molecule has 2 aromatic rings. The van der Waals surface area contributed by atoms with Crippen molar-refractivity contribution >= 4 is 11.7 Å². The topological polar surface area (TPSA) is 97.6 Å². The minimum absolute atomic E-state index is 0.146. The van der Waals surface area contributed by atoms with E-state index in [-0.39, 0.29) is 5.91 Å². The fraction of sp³-hybridized carbons (Fsp3) is 0.533. The molecule has 1 aliphatic carbocycles. The summed E-state index contributed by atoms with van der Waals surface area (Å²) in [7, 11) is 0. The van der Waals surface area contributed by atoms with Crippen LogP contribution in [0.25, 0.3) is 0 Å². The number of aryl methyl sites for hydroxylation is 1. The second kappa shape index (κ2) is 5.94. The zero-order valence-electron chi connectivity index (χ0n) is 12.9. The number of hydrogen-bond acceptors (Lipinski definition) is 6. The van der Waals surface area contributed by atoms with E-state index in [9.17, 15) is 4.79 Å². The molecular formula is C15H19N7O. The van der Waals surface area contributed by atoms with E-state index in [1.54, 1.807) is 6.33 Å². The molecule has 1 aliphatic heterocycles. The van der Waals surface area contributed by atoms with Crippen LogP contribution in [-0.2, 0) is 25.8 Å². The molecule has 1 amide bonds. The van der Waals surface area contributed by atoms with Gasteiger partial charge in [-0.25, -0.2) is 9.97 Å². The van der Waals surface area contributed by atoms with Crippen LogP contribution in [0.2, 0.25) is 0 Å². The van der Waals surface area contributed by atoms with Gasteiger partial charge < -0.3 is 15.2 Å². The van der Waals surface area contributed by atoms with Crippen LogP contribution in [0.3, 0.4) is 0 Å². The van der Waals surface area contributed by atoms with Gasteiger partial charge in [0.05, 0.1) is 0 Å². The van der Waals surface area contributed by atoms with Crippen molar-refractivity contribution in [3.05, 3.63) is 29.2 Å². The number of hydrogen-bond donors (Lipinski definition) is 2. The Kier molecular flexibility index (Phi) is 3.64. The second-order valence-corrected chi connectivity index (χ2v) is 5.88. The fourth-order valence-electron chi connectivity index (χ4n) is 3.25. The lowest BCUT2D eigenvalue weighted by atomic mass is 9.96. The highest BCUT2D eigenvalue weighted by molar-refractivity contribution is 5.91. The molecule has 0 saturated heterocycles. The summed E-state index contributed by atoms with van der Waals surface area (Å²) in [6.45, 7) is 2.07. The molecule has 0 saturated carbocycles. The summed E-state index contributed by atoms with van der Waals surface area (Å²) < 4.78 is 1.90. The number of nitrogens with one attached hydrogen (secondary N) is 2. The molecule has 4 rings (SSSR count). The maximum atomic E-state index is 11.7. The molecule has 8 nitrogen and oxygen atoms in total. The van der Waals surface area contributed by atoms with Crippen LogP contribution in [0.1, 0.15) is 40.5 Å². The van der Waals surface area contributed by atoms with Crippen LogP contribution in [0.15, 0.2) is 6.33 Å². The van der Waals surface area contributed by atoms with Crippen molar-refractivity contribution in [2.75, 3.05) is 18.4 Å². The second-order valence-electron chi connectivity index (χ2n) is 5.88. The molecule has 0 spiro atoms. The van der Waals surface area contributed by atoms with Gasteiger partial charge in [-0.1, -0.05) is 0 Å². The molecule has 120 valence electrons. The van der Waals surface area contributed by atoms with E-state index in [2.05, 4.69) is 30.8 Å². The van der Waals surface area contributed by atoms with E-state index < -0.39 is 0 Å². The summed E-state index contributed by atoms with van der Waals surface area (Å²) in [5.74, 6) is 2.04. The number of rotatable bonds is 4. The molecule has 0 aromatic carbocycles. The van der Waals surface area contributed by atoms with E-state index in [4.69, 9.17) is 0 Å². The van der Waals surface area contributed by atoms with E-state index in [0.717, 1.165) is 31.0 Å². The Labute approximate surface area is 133 Å². The Bertz CT molecular complexity index is 739. The van der Waals surface area contributed by atoms with Gasteiger partial charge in [0.25, 0.3) is 5.91 Å². The number of fused-ring (bicyclic) bond motifs is 2. The highest BCUT2D eigenvalue weighted by Crippen LogP contribution is 2.24. The summed E-state index contributed by atoms with van der Waals surface area (Å²) >= 11 is 0. The van der Waals surface area contributed by atoms with E-state index in [1.165, 1.54) is 24.1 Å². The Morgan fingerprint density at radius 2 is 2.13 bits per heavy atom. The highest BCUT2D eigenvalue weighted by atomic mass is 16.2. The van der Waals surface area contributed by atoms with E-state index >= 15 is 0 Å². The van der Waals surface area contributed by atoms with Gasteiger partial charge in [0.2, 0.25) is 5.82 Å². The minimum Gasteiger partial charge on any atom is -0.369 e. The Morgan fingerprint density at radius 3 is 3.09 bits per heavy atom. The lowest BCUT2D eigenvalue weighted by Gasteiger charge is -2.18. The molecule has 2 N–H and O–H groups in total. The largest absolute Gasteiger partial charge is 0.369 e. The molecule has 8 heteroatoms. The summed E-state index contributed by atoms with van der Waals surface area (Å²) in [6.07, 6.45) is 6.83. The molecule has 3 heterocycles. The first-order valence-electron chi connectivity index (χ1n) is 8.10. The first kappa shape index (κ1) is 14.1. The fourth-order valence-corrected chi connectivity index (χ4v) is 3.25. The smallest absolute Gasteiger partial charge is 0.289 e. The summed E-state index contributed by atoms with van der Waals surface area (Å²) in [4.78, 5) is 20.5. The first-order chi connectivity index (χ1) is 11.3. The molecule has 0 bridgehead atoms. The maximum Gasteiger partial charge on any atom is 0.289 e. The summed E-state index contributed by atoms with van der Waals surface area (Å²) in [6, 6.07) is 0. The van der Waals surface area contributed by atoms with Crippen molar-refractivity contribution in [3.63, 3.8) is 0 Å². The number of anilines is 1. The van der Waals surface area contributed by atoms with Crippen LogP contribution >= 0.6 is 0 Å². The Hall–Kier alpha value is -2.51. The Balaban J connectivity index is 1.44. The third-order valence-electron chi connectivity index (χ3n) is 4.42. The molecule has 0 atom stereocenters. The third-order valence-corrected chi connectivity index (χ3v) is 4.42. The van der Waals surface area contributed by atoms with Crippen molar-refractivity contribution in [2.24, 2.45) is 0 Å². The van der Waals surface area contributed by atoms with Crippen molar-refractivity contribution in [1.82, 2.24) is 30.0 Å². The van der Waals surface area contributed by atoms with Crippen LogP contribution in [-0.4, -0.2) is 43.7 Å². The minimum atomic E-state index is -0.146. The molecule has 2 aromatic heterocycles. The number of carbonyl (C=O) groups excluding carboxylic acids is 1. The van der Waals surface area contributed by atoms with Gasteiger partial charge in [0.1, 0.15) is 18.0 Å². The molecule has 0 radical (unpaired) electrons. The third kappa shape index (κ3) is 2.64. The summed E-state index contributed by atoms with van der Waals surface area (Å²) in [5, 5.41) is 14.3. The molecular weight excluding hydrogens is 294 g/mol. The number of carbonyl (C=O) groups is 1. The van der Waals surface area contributed by atoms with Gasteiger partial charge in [0, 0.05) is 37.3 Å². The van der Waals surface area contributed by atoms with E-state index in [1.807, 2.05) is 4.57 Å². The first-order valence-corrected chi connectivity index (χ1v) is 8.10. The number of amides is 1. The lowest BCUT2D eigenvalue weighted by Crippen LogP contribution is -2.36. The molecule has 23 heavy (non-hydrogen) atoms. The Morgan fingerprint density at radius 1 is 1.22 bits per heavy atom. The number of nitrogens with zero attached hydrogens (tertiary/aromatic N) is 5. The highest BCUT2D eigenvalue weighted by Gasteiger charge is 2.22. The van der Waals surface area contributed by atoms with Gasteiger partial charge in [-0.05, 0) is 25.7 Å². The van der Waals surface area contributed by atoms with Crippen molar-refractivity contribution in [1.29, 1.82) is 0 Å². The molecule has 0 fully saturated rings. The van der Waals surface area contributed by atoms with Gasteiger partial charge in [-0.15, -0.1) is 10.2 Å². The van der Waals surface area contributed by atoms with Crippen LogP contribution in [0.4, 0.5) is 5.82 Å². The lowest BCUT2D eigenvalue weighted by molar-refractivity contribution is 0.0921. The molecule has 2 aliphatic rings. The van der Waals surface area contributed by atoms with Crippen molar-refractivity contribution in [2.45, 2.75) is 38.6 Å². The van der Waals surface area contributed by atoms with Crippen LogP contribution in [0.5, 0.6) is 0 Å². The predicted molar refractivity (Wildman–Crippen MR) is 83.2 cm³/mol. The van der Waals surface area contributed by atoms with Crippen LogP contribution < -0.4 is 10.6 Å². The number of aromatic nitrogens is 5.